The molecular weight excluding hydrogens is 196 g/mol. The van der Waals surface area contributed by atoms with E-state index in [1.165, 1.54) is 12.2 Å². The van der Waals surface area contributed by atoms with Crippen LogP contribution in [0, 0.1) is 0 Å². The minimum Gasteiger partial charge on any atom is -0.481 e. The summed E-state index contributed by atoms with van der Waals surface area (Å²) >= 11 is 1.91. The fourth-order valence-corrected chi connectivity index (χ4v) is 2.53. The summed E-state index contributed by atoms with van der Waals surface area (Å²) < 4.78 is 5.10. The molecule has 76 valence electrons. The zero-order valence-electron chi connectivity index (χ0n) is 8.19. The summed E-state index contributed by atoms with van der Waals surface area (Å²) in [6.07, 6.45) is 1.24. The van der Waals surface area contributed by atoms with E-state index in [0.717, 1.165) is 12.2 Å². The average Bonchev–Trinajstić information content (AvgIpc) is 2.30. The van der Waals surface area contributed by atoms with E-state index in [9.17, 15) is 0 Å². The van der Waals surface area contributed by atoms with E-state index in [4.69, 9.17) is 4.74 Å². The molecule has 1 unspecified atom stereocenters. The molecule has 1 saturated heterocycles. The van der Waals surface area contributed by atoms with Gasteiger partial charge in [-0.3, -0.25) is 0 Å². The van der Waals surface area contributed by atoms with Crippen molar-refractivity contribution >= 4 is 11.8 Å². The number of nitrogens with one attached hydrogen (secondary N) is 1. The smallest absolute Gasteiger partial charge is 0.213 e. The zero-order chi connectivity index (χ0) is 9.80. The lowest BCUT2D eigenvalue weighted by molar-refractivity contribution is 0.395. The van der Waals surface area contributed by atoms with Crippen LogP contribution in [-0.2, 0) is 0 Å². The summed E-state index contributed by atoms with van der Waals surface area (Å²) in [5.74, 6) is 1.90. The Labute approximate surface area is 88.3 Å². The molecule has 0 amide bonds. The van der Waals surface area contributed by atoms with Crippen LogP contribution >= 0.6 is 11.8 Å². The second-order valence-corrected chi connectivity index (χ2v) is 4.38. The minimum absolute atomic E-state index is 0.332. The van der Waals surface area contributed by atoms with Crippen molar-refractivity contribution in [1.82, 2.24) is 10.3 Å². The molecule has 2 rings (SSSR count). The monoisotopic (exact) mass is 210 g/mol. The van der Waals surface area contributed by atoms with Gasteiger partial charge < -0.3 is 10.1 Å². The van der Waals surface area contributed by atoms with E-state index >= 15 is 0 Å². The second-order valence-electron chi connectivity index (χ2n) is 3.16. The number of rotatable bonds is 2. The molecule has 0 saturated carbocycles. The van der Waals surface area contributed by atoms with Gasteiger partial charge in [0.1, 0.15) is 0 Å². The van der Waals surface area contributed by atoms with Crippen LogP contribution in [0.1, 0.15) is 17.5 Å². The zero-order valence-corrected chi connectivity index (χ0v) is 9.01. The Kier molecular flexibility index (Phi) is 3.26. The van der Waals surface area contributed by atoms with E-state index in [0.29, 0.717) is 11.3 Å². The predicted octanol–water partition coefficient (Wildman–Crippen LogP) is 1.82. The van der Waals surface area contributed by atoms with Crippen LogP contribution in [0.4, 0.5) is 0 Å². The number of nitrogens with zero attached hydrogens (tertiary/aromatic N) is 1. The molecule has 1 N–H and O–H groups in total. The van der Waals surface area contributed by atoms with Crippen LogP contribution in [0.25, 0.3) is 0 Å². The maximum absolute atomic E-state index is 5.10. The standard InChI is InChI=1S/C10H14N2OS/c1-13-9-5-2-4-8(12-9)10-11-6-3-7-14-10/h2,4-5,10-11H,3,6-7H2,1H3. The Morgan fingerprint density at radius 3 is 3.21 bits per heavy atom. The van der Waals surface area contributed by atoms with Crippen LogP contribution < -0.4 is 10.1 Å². The van der Waals surface area contributed by atoms with Crippen LogP contribution in [0.15, 0.2) is 18.2 Å². The SMILES string of the molecule is COc1cccc(C2NCCCS2)n1. The molecule has 1 aromatic heterocycles. The molecule has 1 aliphatic heterocycles. The van der Waals surface area contributed by atoms with Crippen molar-refractivity contribution in [3.05, 3.63) is 23.9 Å². The van der Waals surface area contributed by atoms with Crippen molar-refractivity contribution in [3.8, 4) is 5.88 Å². The lowest BCUT2D eigenvalue weighted by Gasteiger charge is -2.22. The lowest BCUT2D eigenvalue weighted by Crippen LogP contribution is -2.25. The van der Waals surface area contributed by atoms with Gasteiger partial charge in [-0.25, -0.2) is 4.98 Å². The fraction of sp³-hybridized carbons (Fsp3) is 0.500. The quantitative estimate of drug-likeness (QED) is 0.807. The van der Waals surface area contributed by atoms with Crippen molar-refractivity contribution in [3.63, 3.8) is 0 Å². The van der Waals surface area contributed by atoms with Gasteiger partial charge in [0.15, 0.2) is 0 Å². The number of hydrogen-bond acceptors (Lipinski definition) is 4. The normalized spacial score (nSPS) is 21.9. The molecule has 1 atom stereocenters. The summed E-state index contributed by atoms with van der Waals surface area (Å²) in [5, 5.41) is 3.76. The fourth-order valence-electron chi connectivity index (χ4n) is 1.45. The molecule has 1 fully saturated rings. The highest BCUT2D eigenvalue weighted by atomic mass is 32.2. The summed E-state index contributed by atoms with van der Waals surface area (Å²) in [6.45, 7) is 1.08. The number of pyridine rings is 1. The van der Waals surface area contributed by atoms with E-state index in [1.54, 1.807) is 7.11 Å². The van der Waals surface area contributed by atoms with Gasteiger partial charge in [0.25, 0.3) is 0 Å². The van der Waals surface area contributed by atoms with Gasteiger partial charge in [-0.15, -0.1) is 11.8 Å². The number of hydrogen-bond donors (Lipinski definition) is 1. The topological polar surface area (TPSA) is 34.1 Å². The first-order valence-corrected chi connectivity index (χ1v) is 5.81. The number of thioether (sulfide) groups is 1. The van der Waals surface area contributed by atoms with Crippen molar-refractivity contribution in [2.75, 3.05) is 19.4 Å². The molecule has 4 heteroatoms. The van der Waals surface area contributed by atoms with Gasteiger partial charge in [0.05, 0.1) is 18.2 Å². The summed E-state index contributed by atoms with van der Waals surface area (Å²) in [4.78, 5) is 4.41. The maximum Gasteiger partial charge on any atom is 0.213 e. The Morgan fingerprint density at radius 1 is 1.57 bits per heavy atom. The van der Waals surface area contributed by atoms with Crippen molar-refractivity contribution < 1.29 is 4.74 Å². The average molecular weight is 210 g/mol. The molecular formula is C10H14N2OS. The predicted molar refractivity (Wildman–Crippen MR) is 58.6 cm³/mol. The van der Waals surface area contributed by atoms with Gasteiger partial charge >= 0.3 is 0 Å². The van der Waals surface area contributed by atoms with Crippen LogP contribution in [0.3, 0.4) is 0 Å². The largest absolute Gasteiger partial charge is 0.481 e. The van der Waals surface area contributed by atoms with E-state index < -0.39 is 0 Å². The first-order valence-electron chi connectivity index (χ1n) is 4.76. The van der Waals surface area contributed by atoms with Crippen molar-refractivity contribution in [2.45, 2.75) is 11.8 Å². The molecule has 1 aromatic rings. The molecule has 1 aliphatic rings. The number of methoxy groups -OCH3 is 1. The highest BCUT2D eigenvalue weighted by Crippen LogP contribution is 2.28. The number of ether oxygens (including phenoxy) is 1. The second kappa shape index (κ2) is 4.66. The van der Waals surface area contributed by atoms with Crippen LogP contribution in [-0.4, -0.2) is 24.4 Å². The molecule has 0 spiro atoms. The summed E-state index contributed by atoms with van der Waals surface area (Å²) in [6, 6.07) is 5.90. The Balaban J connectivity index is 2.13. The highest BCUT2D eigenvalue weighted by Gasteiger charge is 2.16. The minimum atomic E-state index is 0.332. The third kappa shape index (κ3) is 2.19. The van der Waals surface area contributed by atoms with Gasteiger partial charge in [-0.05, 0) is 24.8 Å². The first-order chi connectivity index (χ1) is 6.90. The van der Waals surface area contributed by atoms with Crippen molar-refractivity contribution in [2.24, 2.45) is 0 Å². The molecule has 0 bridgehead atoms. The molecule has 2 heterocycles. The van der Waals surface area contributed by atoms with E-state index in [-0.39, 0.29) is 0 Å². The number of aromatic nitrogens is 1. The molecule has 3 nitrogen and oxygen atoms in total. The van der Waals surface area contributed by atoms with Crippen molar-refractivity contribution in [1.29, 1.82) is 0 Å². The van der Waals surface area contributed by atoms with E-state index in [2.05, 4.69) is 10.3 Å². The third-order valence-corrected chi connectivity index (χ3v) is 3.42. The van der Waals surface area contributed by atoms with Gasteiger partial charge in [-0.2, -0.15) is 0 Å². The first kappa shape index (κ1) is 9.80. The summed E-state index contributed by atoms with van der Waals surface area (Å²) in [5.41, 5.74) is 1.06. The third-order valence-electron chi connectivity index (χ3n) is 2.16. The highest BCUT2D eigenvalue weighted by molar-refractivity contribution is 7.99. The maximum atomic E-state index is 5.10. The molecule has 0 radical (unpaired) electrons. The van der Waals surface area contributed by atoms with Gasteiger partial charge in [0.2, 0.25) is 5.88 Å². The van der Waals surface area contributed by atoms with Gasteiger partial charge in [0, 0.05) is 6.07 Å². The van der Waals surface area contributed by atoms with Crippen LogP contribution in [0.2, 0.25) is 0 Å². The lowest BCUT2D eigenvalue weighted by atomic mass is 10.3. The van der Waals surface area contributed by atoms with Crippen LogP contribution in [0.5, 0.6) is 5.88 Å². The molecule has 0 aliphatic carbocycles. The van der Waals surface area contributed by atoms with E-state index in [1.807, 2.05) is 30.0 Å². The Hall–Kier alpha value is -0.740. The summed E-state index contributed by atoms with van der Waals surface area (Å²) in [7, 11) is 1.65. The molecule has 14 heavy (non-hydrogen) atoms. The van der Waals surface area contributed by atoms with Gasteiger partial charge in [-0.1, -0.05) is 6.07 Å². The Bertz CT molecular complexity index is 300. The Morgan fingerprint density at radius 2 is 2.50 bits per heavy atom. The molecule has 0 aromatic carbocycles.